The van der Waals surface area contributed by atoms with E-state index < -0.39 is 6.04 Å². The fraction of sp³-hybridized carbons (Fsp3) is 0.409. The summed E-state index contributed by atoms with van der Waals surface area (Å²) >= 11 is 1.36. The van der Waals surface area contributed by atoms with Gasteiger partial charge in [0.25, 0.3) is 11.8 Å². The van der Waals surface area contributed by atoms with Crippen molar-refractivity contribution >= 4 is 29.1 Å². The van der Waals surface area contributed by atoms with Gasteiger partial charge in [-0.3, -0.25) is 14.4 Å². The average molecular weight is 412 g/mol. The average Bonchev–Trinajstić information content (AvgIpc) is 3.39. The Kier molecular flexibility index (Phi) is 5.94. The third-order valence-electron chi connectivity index (χ3n) is 5.56. The minimum absolute atomic E-state index is 0.0116. The highest BCUT2D eigenvalue weighted by molar-refractivity contribution is 7.12. The standard InChI is InChI=1S/C22H25N3O3S/c26-20(18-7-4-14-29-18)24-19(21(27)23-17-8-9-17)15-10-12-25(13-11-15)22(28)16-5-2-1-3-6-16/h1-7,14-15,17,19H,8-13H2,(H,23,27)(H,24,26)/t19-/m1/s1. The van der Waals surface area contributed by atoms with Gasteiger partial charge in [0.15, 0.2) is 0 Å². The summed E-state index contributed by atoms with van der Waals surface area (Å²) in [5.74, 6) is -0.285. The molecule has 2 heterocycles. The molecule has 2 aliphatic rings. The Hall–Kier alpha value is -2.67. The van der Waals surface area contributed by atoms with Crippen molar-refractivity contribution in [1.29, 1.82) is 0 Å². The number of thiophene rings is 1. The molecule has 152 valence electrons. The van der Waals surface area contributed by atoms with Crippen LogP contribution < -0.4 is 10.6 Å². The molecule has 4 rings (SSSR count). The van der Waals surface area contributed by atoms with Crippen LogP contribution in [0.3, 0.4) is 0 Å². The number of hydrogen-bond acceptors (Lipinski definition) is 4. The molecule has 2 N–H and O–H groups in total. The monoisotopic (exact) mass is 411 g/mol. The molecular weight excluding hydrogens is 386 g/mol. The molecule has 1 aliphatic heterocycles. The first-order valence-electron chi connectivity index (χ1n) is 10.1. The van der Waals surface area contributed by atoms with Gasteiger partial charge in [-0.25, -0.2) is 0 Å². The maximum atomic E-state index is 12.8. The Balaban J connectivity index is 1.40. The zero-order chi connectivity index (χ0) is 20.2. The van der Waals surface area contributed by atoms with E-state index in [9.17, 15) is 14.4 Å². The Bertz CT molecular complexity index is 857. The van der Waals surface area contributed by atoms with Gasteiger partial charge in [-0.2, -0.15) is 0 Å². The SMILES string of the molecule is O=C(N[C@@H](C(=O)NC1CC1)C1CCN(C(=O)c2ccccc2)CC1)c1cccs1. The van der Waals surface area contributed by atoms with Crippen LogP contribution in [-0.2, 0) is 4.79 Å². The first-order chi connectivity index (χ1) is 14.1. The molecule has 0 spiro atoms. The van der Waals surface area contributed by atoms with Crippen molar-refractivity contribution in [3.05, 3.63) is 58.3 Å². The topological polar surface area (TPSA) is 78.5 Å². The predicted molar refractivity (Wildman–Crippen MR) is 112 cm³/mol. The van der Waals surface area contributed by atoms with Crippen molar-refractivity contribution in [2.75, 3.05) is 13.1 Å². The summed E-state index contributed by atoms with van der Waals surface area (Å²) in [5.41, 5.74) is 0.681. The summed E-state index contributed by atoms with van der Waals surface area (Å²) in [7, 11) is 0. The van der Waals surface area contributed by atoms with Gasteiger partial charge in [-0.1, -0.05) is 24.3 Å². The Labute approximate surface area is 174 Å². The number of nitrogens with zero attached hydrogens (tertiary/aromatic N) is 1. The molecule has 0 radical (unpaired) electrons. The van der Waals surface area contributed by atoms with E-state index in [4.69, 9.17) is 0 Å². The van der Waals surface area contributed by atoms with Crippen LogP contribution in [-0.4, -0.2) is 47.8 Å². The number of amides is 3. The van der Waals surface area contributed by atoms with Gasteiger partial charge in [0.2, 0.25) is 5.91 Å². The second-order valence-electron chi connectivity index (χ2n) is 7.71. The highest BCUT2D eigenvalue weighted by Crippen LogP contribution is 2.25. The molecule has 29 heavy (non-hydrogen) atoms. The minimum Gasteiger partial charge on any atom is -0.352 e. The van der Waals surface area contributed by atoms with Gasteiger partial charge in [0, 0.05) is 24.7 Å². The summed E-state index contributed by atoms with van der Waals surface area (Å²) < 4.78 is 0. The van der Waals surface area contributed by atoms with Gasteiger partial charge in [-0.05, 0) is 55.2 Å². The molecule has 1 saturated carbocycles. The van der Waals surface area contributed by atoms with E-state index in [-0.39, 0.29) is 29.7 Å². The van der Waals surface area contributed by atoms with Crippen LogP contribution >= 0.6 is 11.3 Å². The third-order valence-corrected chi connectivity index (χ3v) is 6.43. The van der Waals surface area contributed by atoms with E-state index in [1.54, 1.807) is 6.07 Å². The van der Waals surface area contributed by atoms with Crippen LogP contribution in [0.25, 0.3) is 0 Å². The van der Waals surface area contributed by atoms with Crippen LogP contribution in [0, 0.1) is 5.92 Å². The van der Waals surface area contributed by atoms with Crippen molar-refractivity contribution in [2.45, 2.75) is 37.8 Å². The molecule has 1 saturated heterocycles. The van der Waals surface area contributed by atoms with E-state index in [0.717, 1.165) is 12.8 Å². The molecule has 1 atom stereocenters. The third kappa shape index (κ3) is 4.85. The summed E-state index contributed by atoms with van der Waals surface area (Å²) in [6.45, 7) is 1.17. The molecular formula is C22H25N3O3S. The van der Waals surface area contributed by atoms with Gasteiger partial charge in [0.05, 0.1) is 4.88 Å². The molecule has 2 aromatic rings. The lowest BCUT2D eigenvalue weighted by Gasteiger charge is -2.35. The molecule has 7 heteroatoms. The summed E-state index contributed by atoms with van der Waals surface area (Å²) in [6, 6.07) is 12.5. The molecule has 2 fully saturated rings. The fourth-order valence-corrected chi connectivity index (χ4v) is 4.36. The quantitative estimate of drug-likeness (QED) is 0.767. The Morgan fingerprint density at radius 3 is 2.31 bits per heavy atom. The maximum Gasteiger partial charge on any atom is 0.262 e. The number of carbonyl (C=O) groups is 3. The van der Waals surface area contributed by atoms with Crippen LogP contribution in [0.15, 0.2) is 47.8 Å². The predicted octanol–water partition coefficient (Wildman–Crippen LogP) is 2.68. The zero-order valence-electron chi connectivity index (χ0n) is 16.2. The Morgan fingerprint density at radius 1 is 0.966 bits per heavy atom. The van der Waals surface area contributed by atoms with E-state index in [1.807, 2.05) is 46.7 Å². The van der Waals surface area contributed by atoms with Gasteiger partial charge >= 0.3 is 0 Å². The van der Waals surface area contributed by atoms with Crippen molar-refractivity contribution < 1.29 is 14.4 Å². The first-order valence-corrected chi connectivity index (χ1v) is 11.0. The molecule has 6 nitrogen and oxygen atoms in total. The zero-order valence-corrected chi connectivity index (χ0v) is 17.0. The van der Waals surface area contributed by atoms with Crippen molar-refractivity contribution in [1.82, 2.24) is 15.5 Å². The number of benzene rings is 1. The van der Waals surface area contributed by atoms with Crippen LogP contribution in [0.1, 0.15) is 45.7 Å². The highest BCUT2D eigenvalue weighted by atomic mass is 32.1. The van der Waals surface area contributed by atoms with Crippen molar-refractivity contribution in [3.63, 3.8) is 0 Å². The number of likely N-dealkylation sites (tertiary alicyclic amines) is 1. The first kappa shape index (κ1) is 19.6. The number of piperidine rings is 1. The van der Waals surface area contributed by atoms with Crippen molar-refractivity contribution in [2.24, 2.45) is 5.92 Å². The molecule has 3 amide bonds. The fourth-order valence-electron chi connectivity index (χ4n) is 3.74. The number of carbonyl (C=O) groups excluding carboxylic acids is 3. The second-order valence-corrected chi connectivity index (χ2v) is 8.65. The largest absolute Gasteiger partial charge is 0.352 e. The minimum atomic E-state index is -0.570. The van der Waals surface area contributed by atoms with Gasteiger partial charge < -0.3 is 15.5 Å². The van der Waals surface area contributed by atoms with Crippen molar-refractivity contribution in [3.8, 4) is 0 Å². The normalized spacial score (nSPS) is 18.1. The summed E-state index contributed by atoms with van der Waals surface area (Å²) in [5, 5.41) is 7.83. The molecule has 1 aliphatic carbocycles. The molecule has 0 bridgehead atoms. The Morgan fingerprint density at radius 2 is 1.69 bits per heavy atom. The smallest absolute Gasteiger partial charge is 0.262 e. The maximum absolute atomic E-state index is 12.8. The lowest BCUT2D eigenvalue weighted by atomic mass is 9.88. The van der Waals surface area contributed by atoms with Crippen LogP contribution in [0.4, 0.5) is 0 Å². The van der Waals surface area contributed by atoms with Crippen LogP contribution in [0.5, 0.6) is 0 Å². The van der Waals surface area contributed by atoms with E-state index >= 15 is 0 Å². The lowest BCUT2D eigenvalue weighted by Crippen LogP contribution is -2.54. The number of nitrogens with one attached hydrogen (secondary N) is 2. The second kappa shape index (κ2) is 8.78. The summed E-state index contributed by atoms with van der Waals surface area (Å²) in [6.07, 6.45) is 3.38. The number of hydrogen-bond donors (Lipinski definition) is 2. The molecule has 1 aromatic carbocycles. The highest BCUT2D eigenvalue weighted by Gasteiger charge is 2.36. The van der Waals surface area contributed by atoms with Crippen LogP contribution in [0.2, 0.25) is 0 Å². The van der Waals surface area contributed by atoms with E-state index in [0.29, 0.717) is 36.4 Å². The van der Waals surface area contributed by atoms with E-state index in [1.165, 1.54) is 11.3 Å². The molecule has 1 aromatic heterocycles. The van der Waals surface area contributed by atoms with Gasteiger partial charge in [-0.15, -0.1) is 11.3 Å². The van der Waals surface area contributed by atoms with E-state index in [2.05, 4.69) is 10.6 Å². The number of rotatable bonds is 6. The molecule has 0 unspecified atom stereocenters. The lowest BCUT2D eigenvalue weighted by molar-refractivity contribution is -0.124. The summed E-state index contributed by atoms with van der Waals surface area (Å²) in [4.78, 5) is 40.5. The van der Waals surface area contributed by atoms with Gasteiger partial charge in [0.1, 0.15) is 6.04 Å².